The minimum absolute atomic E-state index is 0. The molecule has 0 bridgehead atoms. The van der Waals surface area contributed by atoms with Crippen molar-refractivity contribution in [3.8, 4) is 0 Å². The van der Waals surface area contributed by atoms with Gasteiger partial charge in [0, 0.05) is 39.0 Å². The van der Waals surface area contributed by atoms with Crippen molar-refractivity contribution in [2.75, 3.05) is 26.3 Å². The number of imide groups is 1. The van der Waals surface area contributed by atoms with Gasteiger partial charge in [-0.05, 0) is 18.9 Å². The van der Waals surface area contributed by atoms with Crippen LogP contribution >= 0.6 is 0 Å². The van der Waals surface area contributed by atoms with Crippen LogP contribution in [0, 0.1) is 0 Å². The van der Waals surface area contributed by atoms with Crippen LogP contribution in [0.3, 0.4) is 0 Å². The average molecular weight is 586 g/mol. The third-order valence-corrected chi connectivity index (χ3v) is 4.34. The molecule has 1 aliphatic rings. The number of hydrogen-bond donors (Lipinski definition) is 0. The topological polar surface area (TPSA) is 126 Å². The first-order valence-corrected chi connectivity index (χ1v) is 9.79. The van der Waals surface area contributed by atoms with E-state index in [9.17, 15) is 24.0 Å². The number of benzene rings is 1. The quantitative estimate of drug-likeness (QED) is 0.141. The van der Waals surface area contributed by atoms with Crippen molar-refractivity contribution in [1.82, 2.24) is 4.90 Å². The van der Waals surface area contributed by atoms with Crippen LogP contribution < -0.4 is 116 Å². The van der Waals surface area contributed by atoms with E-state index in [4.69, 9.17) is 4.74 Å². The largest absolute Gasteiger partial charge is 1.00 e. The summed E-state index contributed by atoms with van der Waals surface area (Å²) in [6, 6.07) is 6.47. The van der Waals surface area contributed by atoms with Crippen molar-refractivity contribution >= 4 is 35.1 Å². The number of carbonyl (C=O) groups is 5. The molecule has 0 radical (unpaired) electrons. The Morgan fingerprint density at radius 1 is 1.03 bits per heavy atom. The van der Waals surface area contributed by atoms with E-state index in [0.29, 0.717) is 43.7 Å². The summed E-state index contributed by atoms with van der Waals surface area (Å²) < 4.78 is 5.25. The fourth-order valence-corrected chi connectivity index (χ4v) is 2.67. The maximum absolute atomic E-state index is 11.9. The number of carbonyl (C=O) groups excluding carboxylic acids is 5. The minimum atomic E-state index is -0.610. The first-order valence-electron chi connectivity index (χ1n) is 9.79. The summed E-state index contributed by atoms with van der Waals surface area (Å²) in [6.45, 7) is 2.80. The van der Waals surface area contributed by atoms with Gasteiger partial charge >= 0.3 is 116 Å². The molecule has 9 nitrogen and oxygen atoms in total. The first kappa shape index (κ1) is 32.5. The van der Waals surface area contributed by atoms with E-state index in [1.165, 1.54) is 11.8 Å². The van der Waals surface area contributed by atoms with Crippen LogP contribution in [0.2, 0.25) is 0 Å². The molecule has 1 fully saturated rings. The number of hydrogen-bond acceptors (Lipinski definition) is 6. The summed E-state index contributed by atoms with van der Waals surface area (Å²) >= 11 is 0. The van der Waals surface area contributed by atoms with Gasteiger partial charge in [0.1, 0.15) is 5.78 Å². The molecule has 0 spiro atoms. The molecule has 0 aliphatic carbocycles. The average Bonchev–Trinajstić information content (AvgIpc) is 2.67. The number of rotatable bonds is 12. The summed E-state index contributed by atoms with van der Waals surface area (Å²) in [6.07, 6.45) is 1.17. The van der Waals surface area contributed by atoms with Crippen LogP contribution in [0.4, 0.5) is 5.69 Å². The second-order valence-corrected chi connectivity index (χ2v) is 6.91. The molecule has 32 heavy (non-hydrogen) atoms. The van der Waals surface area contributed by atoms with Gasteiger partial charge in [-0.3, -0.25) is 14.5 Å². The van der Waals surface area contributed by atoms with Crippen molar-refractivity contribution in [2.45, 2.75) is 39.0 Å². The molecule has 0 saturated carbocycles. The number of ketones is 1. The van der Waals surface area contributed by atoms with E-state index >= 15 is 0 Å². The van der Waals surface area contributed by atoms with E-state index in [2.05, 4.69) is 10.6 Å². The van der Waals surface area contributed by atoms with E-state index < -0.39 is 18.2 Å². The van der Waals surface area contributed by atoms with Crippen LogP contribution in [0.1, 0.15) is 38.2 Å². The molecule has 2 rings (SSSR count). The Bertz CT molecular complexity index is 801. The Morgan fingerprint density at radius 3 is 2.28 bits per heavy atom. The zero-order chi connectivity index (χ0) is 21.9. The maximum Gasteiger partial charge on any atom is 1.00 e. The van der Waals surface area contributed by atoms with Crippen LogP contribution in [0.5, 0.6) is 0 Å². The molecule has 4 amide bonds. The Labute approximate surface area is 285 Å². The first-order chi connectivity index (χ1) is 14.3. The van der Waals surface area contributed by atoms with Crippen LogP contribution in [0.15, 0.2) is 24.3 Å². The van der Waals surface area contributed by atoms with Crippen LogP contribution in [0.25, 0.3) is 10.6 Å². The predicted octanol–water partition coefficient (Wildman–Crippen LogP) is -3.80. The molecule has 0 unspecified atom stereocenters. The van der Waals surface area contributed by atoms with Gasteiger partial charge in [0.15, 0.2) is 0 Å². The standard InChI is InChI=1S/C21H27N3O6.2Rb/c1-15(25)3-2-11-30-12-9-22-18(26)14-19(27)23-17-6-4-16(5-7-17)13-21(29)24-10-8-20(24)28;;/h4-7H,2-3,8-14H2,1H3,(H2,22,23,26,27);;/q;2*+1/p-2. The van der Waals surface area contributed by atoms with Gasteiger partial charge < -0.3 is 29.8 Å². The molecule has 1 aromatic rings. The van der Waals surface area contributed by atoms with Gasteiger partial charge in [-0.1, -0.05) is 24.3 Å². The summed E-state index contributed by atoms with van der Waals surface area (Å²) in [4.78, 5) is 58.8. The molecule has 1 heterocycles. The molecule has 1 aliphatic heterocycles. The summed E-state index contributed by atoms with van der Waals surface area (Å²) in [5.41, 5.74) is 1.08. The Balaban J connectivity index is 0.00000480. The Hall–Kier alpha value is 0.540. The molecule has 0 aromatic heterocycles. The normalized spacial score (nSPS) is 12.0. The van der Waals surface area contributed by atoms with E-state index in [0.717, 1.165) is 0 Å². The summed E-state index contributed by atoms with van der Waals surface area (Å²) in [5, 5.41) is 7.59. The van der Waals surface area contributed by atoms with Crippen molar-refractivity contribution in [1.29, 1.82) is 0 Å². The van der Waals surface area contributed by atoms with Crippen LogP contribution in [-0.4, -0.2) is 60.6 Å². The van der Waals surface area contributed by atoms with E-state index in [-0.39, 0.29) is 154 Å². The third kappa shape index (κ3) is 12.9. The molecule has 1 aromatic carbocycles. The molecule has 1 saturated heterocycles. The summed E-state index contributed by atoms with van der Waals surface area (Å²) in [5.74, 6) is -1.49. The maximum atomic E-state index is 11.9. The second kappa shape index (κ2) is 17.9. The van der Waals surface area contributed by atoms with Gasteiger partial charge in [0.05, 0.1) is 18.2 Å². The summed E-state index contributed by atoms with van der Waals surface area (Å²) in [7, 11) is 0. The van der Waals surface area contributed by atoms with Gasteiger partial charge in [0.25, 0.3) is 0 Å². The fourth-order valence-electron chi connectivity index (χ4n) is 2.67. The van der Waals surface area contributed by atoms with Crippen LogP contribution in [-0.2, 0) is 35.1 Å². The molecule has 162 valence electrons. The van der Waals surface area contributed by atoms with Gasteiger partial charge in [-0.15, -0.1) is 12.2 Å². The Morgan fingerprint density at radius 2 is 1.72 bits per heavy atom. The molecule has 0 N–H and O–H groups in total. The van der Waals surface area contributed by atoms with Crippen molar-refractivity contribution in [3.63, 3.8) is 0 Å². The minimum Gasteiger partial charge on any atom is -0.651 e. The Kier molecular flexibility index (Phi) is 18.2. The zero-order valence-corrected chi connectivity index (χ0v) is 28.8. The van der Waals surface area contributed by atoms with Crippen molar-refractivity contribution < 1.29 is 145 Å². The monoisotopic (exact) mass is 585 g/mol. The van der Waals surface area contributed by atoms with Crippen molar-refractivity contribution in [3.05, 3.63) is 40.5 Å². The molecule has 0 atom stereocenters. The molecule has 11 heteroatoms. The number of likely N-dealkylation sites (tertiary alicyclic amines) is 1. The molecular weight excluding hydrogens is 561 g/mol. The number of β-lactam (4-membered cyclic amide) rings is 1. The number of Topliss-reactive ketones (excluding diaryl/α,β-unsaturated/α-hetero) is 1. The van der Waals surface area contributed by atoms with Gasteiger partial charge in [-0.25, -0.2) is 0 Å². The fraction of sp³-hybridized carbons (Fsp3) is 0.476. The van der Waals surface area contributed by atoms with Crippen molar-refractivity contribution in [2.24, 2.45) is 0 Å². The smallest absolute Gasteiger partial charge is 0.651 e. The number of ether oxygens (including phenoxy) is 1. The second-order valence-electron chi connectivity index (χ2n) is 6.91. The third-order valence-electron chi connectivity index (χ3n) is 4.34. The zero-order valence-electron chi connectivity index (χ0n) is 19.0. The van der Waals surface area contributed by atoms with E-state index in [1.807, 2.05) is 0 Å². The van der Waals surface area contributed by atoms with Gasteiger partial charge in [0.2, 0.25) is 11.8 Å². The predicted molar refractivity (Wildman–Crippen MR) is 108 cm³/mol. The number of nitrogens with zero attached hydrogens (tertiary/aromatic N) is 3. The SMILES string of the molecule is CC(=O)CCCOCC[N-]C(=O)CC(=O)[N-]c1ccc(CC(=O)N2CCC2=O)cc1.[Rb+].[Rb+]. The van der Waals surface area contributed by atoms with Gasteiger partial charge in [-0.2, -0.15) is 0 Å². The molecular formula is C21H25N3O6Rb2. The van der Waals surface area contributed by atoms with E-state index in [1.54, 1.807) is 24.3 Å². The number of amides is 4.